The normalized spacial score (nSPS) is 13.8. The molecule has 0 aromatic carbocycles. The van der Waals surface area contributed by atoms with E-state index in [2.05, 4.69) is 15.0 Å². The quantitative estimate of drug-likeness (QED) is 0.682. The van der Waals surface area contributed by atoms with E-state index in [-0.39, 0.29) is 5.91 Å². The summed E-state index contributed by atoms with van der Waals surface area (Å²) in [6, 6.07) is 7.83. The fraction of sp³-hybridized carbons (Fsp3) is 0.158. The first-order valence-electron chi connectivity index (χ1n) is 8.05. The van der Waals surface area contributed by atoms with E-state index in [1.807, 2.05) is 40.6 Å². The van der Waals surface area contributed by atoms with Gasteiger partial charge in [0.15, 0.2) is 0 Å². The molecule has 0 fully saturated rings. The fourth-order valence-corrected chi connectivity index (χ4v) is 3.55. The van der Waals surface area contributed by atoms with Crippen LogP contribution in [0.4, 0.5) is 0 Å². The van der Waals surface area contributed by atoms with Crippen molar-refractivity contribution in [1.82, 2.24) is 19.9 Å². The highest BCUT2D eigenvalue weighted by Gasteiger charge is 2.23. The van der Waals surface area contributed by atoms with Crippen molar-refractivity contribution in [2.75, 3.05) is 6.54 Å². The van der Waals surface area contributed by atoms with Crippen LogP contribution in [0.25, 0.3) is 17.3 Å². The molecule has 3 aromatic heterocycles. The first-order chi connectivity index (χ1) is 12.3. The zero-order valence-electron chi connectivity index (χ0n) is 13.5. The molecule has 0 saturated carbocycles. The smallest absolute Gasteiger partial charge is 0.246 e. The van der Waals surface area contributed by atoms with E-state index in [1.54, 1.807) is 36.1 Å². The van der Waals surface area contributed by atoms with Crippen LogP contribution in [-0.4, -0.2) is 32.3 Å². The van der Waals surface area contributed by atoms with E-state index in [0.717, 1.165) is 33.8 Å². The first kappa shape index (κ1) is 15.7. The molecule has 25 heavy (non-hydrogen) atoms. The molecule has 0 aliphatic carbocycles. The van der Waals surface area contributed by atoms with Crippen LogP contribution in [0.5, 0.6) is 0 Å². The fourth-order valence-electron chi connectivity index (χ4n) is 2.93. The van der Waals surface area contributed by atoms with Crippen LogP contribution in [0.3, 0.4) is 0 Å². The third kappa shape index (κ3) is 3.34. The van der Waals surface area contributed by atoms with Gasteiger partial charge in [0.25, 0.3) is 0 Å². The minimum atomic E-state index is 0.0172. The number of fused-ring (bicyclic) bond motifs is 1. The van der Waals surface area contributed by atoms with Gasteiger partial charge in [-0.1, -0.05) is 6.07 Å². The largest absolute Gasteiger partial charge is 0.334 e. The van der Waals surface area contributed by atoms with Gasteiger partial charge in [0.2, 0.25) is 5.91 Å². The maximum Gasteiger partial charge on any atom is 0.246 e. The van der Waals surface area contributed by atoms with Gasteiger partial charge < -0.3 is 4.90 Å². The summed E-state index contributed by atoms with van der Waals surface area (Å²) in [4.78, 5) is 28.4. The summed E-state index contributed by atoms with van der Waals surface area (Å²) in [5.41, 5.74) is 3.93. The SMILES string of the molecule is O=C(/C=C/c1cccs1)N1CCc2ncnc(-c3ccncc3)c2C1. The molecule has 6 heteroatoms. The Bertz CT molecular complexity index is 906. The molecule has 0 radical (unpaired) electrons. The van der Waals surface area contributed by atoms with E-state index < -0.39 is 0 Å². The minimum absolute atomic E-state index is 0.0172. The first-order valence-corrected chi connectivity index (χ1v) is 8.93. The van der Waals surface area contributed by atoms with Gasteiger partial charge in [-0.3, -0.25) is 9.78 Å². The van der Waals surface area contributed by atoms with Crippen LogP contribution in [0, 0.1) is 0 Å². The second kappa shape index (κ2) is 6.94. The van der Waals surface area contributed by atoms with E-state index >= 15 is 0 Å². The number of hydrogen-bond acceptors (Lipinski definition) is 5. The molecule has 4 rings (SSSR count). The minimum Gasteiger partial charge on any atom is -0.334 e. The van der Waals surface area contributed by atoms with Gasteiger partial charge in [-0.25, -0.2) is 9.97 Å². The molecule has 0 bridgehead atoms. The highest BCUT2D eigenvalue weighted by molar-refractivity contribution is 7.10. The van der Waals surface area contributed by atoms with Crippen molar-refractivity contribution in [3.05, 3.63) is 70.6 Å². The lowest BCUT2D eigenvalue weighted by Crippen LogP contribution is -2.35. The number of pyridine rings is 1. The Morgan fingerprint density at radius 2 is 2.08 bits per heavy atom. The van der Waals surface area contributed by atoms with Crippen LogP contribution in [0.1, 0.15) is 16.1 Å². The van der Waals surface area contributed by atoms with Gasteiger partial charge >= 0.3 is 0 Å². The lowest BCUT2D eigenvalue weighted by Gasteiger charge is -2.28. The van der Waals surface area contributed by atoms with Crippen LogP contribution >= 0.6 is 11.3 Å². The summed E-state index contributed by atoms with van der Waals surface area (Å²) in [6.45, 7) is 1.20. The Morgan fingerprint density at radius 1 is 1.20 bits per heavy atom. The molecule has 1 aliphatic rings. The van der Waals surface area contributed by atoms with Crippen molar-refractivity contribution in [3.8, 4) is 11.3 Å². The monoisotopic (exact) mass is 348 g/mol. The molecule has 0 unspecified atom stereocenters. The van der Waals surface area contributed by atoms with Crippen molar-refractivity contribution in [2.45, 2.75) is 13.0 Å². The van der Waals surface area contributed by atoms with Crippen molar-refractivity contribution < 1.29 is 4.79 Å². The van der Waals surface area contributed by atoms with E-state index in [9.17, 15) is 4.79 Å². The molecule has 1 aliphatic heterocycles. The molecule has 0 N–H and O–H groups in total. The summed E-state index contributed by atoms with van der Waals surface area (Å²) in [5, 5.41) is 2.00. The van der Waals surface area contributed by atoms with Gasteiger partial charge in [0.05, 0.1) is 11.4 Å². The highest BCUT2D eigenvalue weighted by atomic mass is 32.1. The molecule has 0 saturated heterocycles. The molecule has 4 heterocycles. The number of nitrogens with zero attached hydrogens (tertiary/aromatic N) is 4. The Hall–Kier alpha value is -2.86. The lowest BCUT2D eigenvalue weighted by atomic mass is 10.00. The molecule has 0 spiro atoms. The van der Waals surface area contributed by atoms with Crippen molar-refractivity contribution in [1.29, 1.82) is 0 Å². The predicted octanol–water partition coefficient (Wildman–Crippen LogP) is 3.20. The van der Waals surface area contributed by atoms with Crippen molar-refractivity contribution in [2.24, 2.45) is 0 Å². The average molecular weight is 348 g/mol. The Morgan fingerprint density at radius 3 is 2.88 bits per heavy atom. The number of aromatic nitrogens is 3. The van der Waals surface area contributed by atoms with Crippen LogP contribution < -0.4 is 0 Å². The zero-order valence-corrected chi connectivity index (χ0v) is 14.3. The van der Waals surface area contributed by atoms with Crippen LogP contribution in [-0.2, 0) is 17.8 Å². The number of amides is 1. The van der Waals surface area contributed by atoms with Gasteiger partial charge in [-0.2, -0.15) is 0 Å². The molecule has 0 atom stereocenters. The number of thiophene rings is 1. The number of carbonyl (C=O) groups is 1. The summed E-state index contributed by atoms with van der Waals surface area (Å²) in [5.74, 6) is 0.0172. The number of carbonyl (C=O) groups excluding carboxylic acids is 1. The van der Waals surface area contributed by atoms with Gasteiger partial charge in [-0.15, -0.1) is 11.3 Å². The molecule has 3 aromatic rings. The summed E-state index contributed by atoms with van der Waals surface area (Å²) < 4.78 is 0. The van der Waals surface area contributed by atoms with E-state index in [4.69, 9.17) is 0 Å². The highest BCUT2D eigenvalue weighted by Crippen LogP contribution is 2.27. The molecular formula is C19H16N4OS. The molecule has 5 nitrogen and oxygen atoms in total. The Labute approximate surface area is 149 Å². The summed E-state index contributed by atoms with van der Waals surface area (Å²) in [6.07, 6.45) is 9.36. The second-order valence-electron chi connectivity index (χ2n) is 5.74. The lowest BCUT2D eigenvalue weighted by molar-refractivity contribution is -0.126. The number of hydrogen-bond donors (Lipinski definition) is 0. The maximum absolute atomic E-state index is 12.5. The zero-order chi connectivity index (χ0) is 17.1. The summed E-state index contributed by atoms with van der Waals surface area (Å²) in [7, 11) is 0. The van der Waals surface area contributed by atoms with Gasteiger partial charge in [-0.05, 0) is 29.7 Å². The summed E-state index contributed by atoms with van der Waals surface area (Å²) >= 11 is 1.62. The van der Waals surface area contributed by atoms with Crippen LogP contribution in [0.2, 0.25) is 0 Å². The standard InChI is InChI=1S/C19H16N4OS/c24-18(4-3-15-2-1-11-25-15)23-10-7-17-16(12-23)19(22-13-21-17)14-5-8-20-9-6-14/h1-6,8-9,11,13H,7,10,12H2/b4-3+. The predicted molar refractivity (Wildman–Crippen MR) is 97.7 cm³/mol. The van der Waals surface area contributed by atoms with E-state index in [0.29, 0.717) is 13.1 Å². The maximum atomic E-state index is 12.5. The Kier molecular flexibility index (Phi) is 4.35. The van der Waals surface area contributed by atoms with Crippen molar-refractivity contribution >= 4 is 23.3 Å². The third-order valence-corrected chi connectivity index (χ3v) is 5.04. The third-order valence-electron chi connectivity index (χ3n) is 4.20. The van der Waals surface area contributed by atoms with Gasteiger partial charge in [0.1, 0.15) is 6.33 Å². The average Bonchev–Trinajstić information content (AvgIpc) is 3.19. The van der Waals surface area contributed by atoms with Crippen LogP contribution in [0.15, 0.2) is 54.4 Å². The topological polar surface area (TPSA) is 59.0 Å². The van der Waals surface area contributed by atoms with E-state index in [1.165, 1.54) is 0 Å². The molecule has 124 valence electrons. The Balaban J connectivity index is 1.59. The molecular weight excluding hydrogens is 332 g/mol. The number of rotatable bonds is 3. The second-order valence-corrected chi connectivity index (χ2v) is 6.72. The van der Waals surface area contributed by atoms with Gasteiger partial charge in [0, 0.05) is 54.0 Å². The van der Waals surface area contributed by atoms with Crippen molar-refractivity contribution in [3.63, 3.8) is 0 Å². The molecule has 1 amide bonds.